The van der Waals surface area contributed by atoms with Crippen molar-refractivity contribution in [3.63, 3.8) is 0 Å². The lowest BCUT2D eigenvalue weighted by Gasteiger charge is -2.29. The molecule has 1 amide bonds. The van der Waals surface area contributed by atoms with E-state index in [-0.39, 0.29) is 29.1 Å². The number of benzene rings is 1. The molecule has 0 N–H and O–H groups in total. The predicted octanol–water partition coefficient (Wildman–Crippen LogP) is 4.14. The van der Waals surface area contributed by atoms with E-state index in [9.17, 15) is 13.2 Å². The minimum Gasteiger partial charge on any atom is -0.318 e. The molecule has 6 nitrogen and oxygen atoms in total. The van der Waals surface area contributed by atoms with Crippen LogP contribution in [-0.4, -0.2) is 36.3 Å². The van der Waals surface area contributed by atoms with Crippen LogP contribution in [0.4, 0.5) is 0 Å². The van der Waals surface area contributed by atoms with Gasteiger partial charge in [-0.2, -0.15) is 9.30 Å². The number of thiophene rings is 1. The van der Waals surface area contributed by atoms with E-state index in [1.54, 1.807) is 12.1 Å². The highest BCUT2D eigenvalue weighted by molar-refractivity contribution is 7.91. The fraction of sp³-hybridized carbons (Fsp3) is 0.333. The number of nitrogens with zero attached hydrogens (tertiary/aromatic N) is 3. The molecule has 4 rings (SSSR count). The van der Waals surface area contributed by atoms with Crippen LogP contribution in [0.1, 0.15) is 12.8 Å². The number of fused-ring (bicyclic) bond motifs is 1. The molecule has 1 aliphatic rings. The van der Waals surface area contributed by atoms with Crippen molar-refractivity contribution in [3.8, 4) is 0 Å². The molecule has 1 aromatic carbocycles. The average Bonchev–Trinajstić information content (AvgIpc) is 3.27. The van der Waals surface area contributed by atoms with Gasteiger partial charge in [0.05, 0.1) is 19.6 Å². The molecule has 1 aliphatic heterocycles. The third-order valence-electron chi connectivity index (χ3n) is 4.93. The molecule has 0 spiro atoms. The number of carbonyl (C=O) groups is 1. The summed E-state index contributed by atoms with van der Waals surface area (Å²) in [4.78, 5) is 17.6. The molecule has 0 aliphatic carbocycles. The summed E-state index contributed by atoms with van der Waals surface area (Å²) in [5.74, 6) is -0.520. The Hall–Kier alpha value is -1.23. The van der Waals surface area contributed by atoms with E-state index in [4.69, 9.17) is 23.2 Å². The first kappa shape index (κ1) is 21.0. The van der Waals surface area contributed by atoms with Crippen LogP contribution in [-0.2, 0) is 21.9 Å². The maximum atomic E-state index is 12.7. The number of aromatic nitrogens is 1. The lowest BCUT2D eigenvalue weighted by atomic mass is 9.98. The normalized spacial score (nSPS) is 17.3. The van der Waals surface area contributed by atoms with Crippen molar-refractivity contribution in [1.29, 1.82) is 0 Å². The molecule has 11 heteroatoms. The molecule has 0 radical (unpaired) electrons. The Labute approximate surface area is 186 Å². The maximum absolute atomic E-state index is 12.7. The molecular formula is C18H17Cl2N3O3S3. The molecule has 0 atom stereocenters. The second-order valence-corrected chi connectivity index (χ2v) is 12.0. The molecule has 0 unspecified atom stereocenters. The molecule has 154 valence electrons. The summed E-state index contributed by atoms with van der Waals surface area (Å²) in [6.07, 6.45) is 0.881. The molecule has 2 aromatic heterocycles. The van der Waals surface area contributed by atoms with E-state index >= 15 is 0 Å². The number of carbonyl (C=O) groups excluding carboxylic acids is 1. The highest BCUT2D eigenvalue weighted by Gasteiger charge is 2.33. The van der Waals surface area contributed by atoms with Crippen LogP contribution < -0.4 is 4.80 Å². The van der Waals surface area contributed by atoms with Gasteiger partial charge in [0.15, 0.2) is 4.80 Å². The van der Waals surface area contributed by atoms with E-state index in [2.05, 4.69) is 4.99 Å². The maximum Gasteiger partial charge on any atom is 0.252 e. The third-order valence-corrected chi connectivity index (χ3v) is 9.92. The quantitative estimate of drug-likeness (QED) is 0.554. The summed E-state index contributed by atoms with van der Waals surface area (Å²) in [5.41, 5.74) is 0.848. The van der Waals surface area contributed by atoms with E-state index in [1.165, 1.54) is 21.7 Å². The summed E-state index contributed by atoms with van der Waals surface area (Å²) < 4.78 is 30.3. The van der Waals surface area contributed by atoms with Gasteiger partial charge in [0.1, 0.15) is 4.21 Å². The first-order chi connectivity index (χ1) is 13.8. The van der Waals surface area contributed by atoms with Crippen LogP contribution in [0.15, 0.2) is 39.5 Å². The number of aryl methyl sites for hydroxylation is 1. The van der Waals surface area contributed by atoms with Gasteiger partial charge < -0.3 is 4.57 Å². The number of rotatable bonds is 3. The standard InChI is InChI=1S/C18H17Cl2N3O3S3/c1-22-16-12(19)3-2-4-13(16)27-18(22)21-17(24)11-7-9-23(10-8-11)29(25,26)15-6-5-14(20)28-15/h2-6,11H,7-10H2,1H3. The smallest absolute Gasteiger partial charge is 0.252 e. The zero-order chi connectivity index (χ0) is 20.8. The number of hydrogen-bond donors (Lipinski definition) is 0. The Kier molecular flexibility index (Phi) is 5.89. The third kappa shape index (κ3) is 4.04. The molecule has 29 heavy (non-hydrogen) atoms. The summed E-state index contributed by atoms with van der Waals surface area (Å²) >= 11 is 14.6. The fourth-order valence-electron chi connectivity index (χ4n) is 3.36. The van der Waals surface area contributed by atoms with E-state index < -0.39 is 10.0 Å². The summed E-state index contributed by atoms with van der Waals surface area (Å²) in [6.45, 7) is 0.572. The van der Waals surface area contributed by atoms with Gasteiger partial charge >= 0.3 is 0 Å². The molecule has 1 saturated heterocycles. The largest absolute Gasteiger partial charge is 0.318 e. The lowest BCUT2D eigenvalue weighted by Crippen LogP contribution is -2.40. The Morgan fingerprint density at radius 2 is 1.86 bits per heavy atom. The summed E-state index contributed by atoms with van der Waals surface area (Å²) in [5, 5.41) is 0.613. The van der Waals surface area contributed by atoms with Crippen molar-refractivity contribution in [1.82, 2.24) is 8.87 Å². The monoisotopic (exact) mass is 489 g/mol. The van der Waals surface area contributed by atoms with E-state index in [0.29, 0.717) is 27.0 Å². The molecular weight excluding hydrogens is 473 g/mol. The topological polar surface area (TPSA) is 71.7 Å². The van der Waals surface area contributed by atoms with Gasteiger partial charge in [-0.1, -0.05) is 40.6 Å². The van der Waals surface area contributed by atoms with Gasteiger partial charge in [-0.3, -0.25) is 4.79 Å². The van der Waals surface area contributed by atoms with Crippen LogP contribution in [0.5, 0.6) is 0 Å². The van der Waals surface area contributed by atoms with Gasteiger partial charge in [0.25, 0.3) is 15.9 Å². The van der Waals surface area contributed by atoms with Crippen LogP contribution in [0.25, 0.3) is 10.2 Å². The van der Waals surface area contributed by atoms with Crippen LogP contribution in [0.3, 0.4) is 0 Å². The summed E-state index contributed by atoms with van der Waals surface area (Å²) in [6, 6.07) is 8.70. The zero-order valence-electron chi connectivity index (χ0n) is 15.3. The second kappa shape index (κ2) is 8.13. The van der Waals surface area contributed by atoms with Crippen LogP contribution in [0, 0.1) is 5.92 Å². The number of hydrogen-bond acceptors (Lipinski definition) is 5. The first-order valence-corrected chi connectivity index (χ1v) is 12.7. The van der Waals surface area contributed by atoms with Gasteiger partial charge in [-0.15, -0.1) is 11.3 Å². The number of sulfonamides is 1. The first-order valence-electron chi connectivity index (χ1n) is 8.85. The van der Waals surface area contributed by atoms with Crippen molar-refractivity contribution in [2.24, 2.45) is 18.0 Å². The lowest BCUT2D eigenvalue weighted by molar-refractivity contribution is -0.122. The number of para-hydroxylation sites is 1. The average molecular weight is 490 g/mol. The number of thiazole rings is 1. The minimum atomic E-state index is -3.57. The van der Waals surface area contributed by atoms with Crippen LogP contribution in [0.2, 0.25) is 9.36 Å². The van der Waals surface area contributed by atoms with E-state index in [0.717, 1.165) is 21.6 Å². The number of amides is 1. The van der Waals surface area contributed by atoms with Gasteiger partial charge in [-0.05, 0) is 37.1 Å². The Morgan fingerprint density at radius 1 is 1.14 bits per heavy atom. The molecule has 0 bridgehead atoms. The Balaban J connectivity index is 1.51. The second-order valence-electron chi connectivity index (χ2n) is 6.72. The SMILES string of the molecule is Cn1c(=NC(=O)C2CCN(S(=O)(=O)c3ccc(Cl)s3)CC2)sc2cccc(Cl)c21. The Morgan fingerprint density at radius 3 is 2.48 bits per heavy atom. The summed E-state index contributed by atoms with van der Waals surface area (Å²) in [7, 11) is -1.74. The number of halogens is 2. The molecule has 3 heterocycles. The number of piperidine rings is 1. The van der Waals surface area contributed by atoms with Crippen molar-refractivity contribution in [2.45, 2.75) is 17.1 Å². The van der Waals surface area contributed by atoms with Gasteiger partial charge in [0.2, 0.25) is 0 Å². The molecule has 1 fully saturated rings. The highest BCUT2D eigenvalue weighted by atomic mass is 35.5. The Bertz CT molecular complexity index is 1250. The molecule has 0 saturated carbocycles. The fourth-order valence-corrected chi connectivity index (χ4v) is 7.87. The van der Waals surface area contributed by atoms with Crippen molar-refractivity contribution >= 4 is 72.0 Å². The predicted molar refractivity (Wildman–Crippen MR) is 117 cm³/mol. The molecule has 3 aromatic rings. The van der Waals surface area contributed by atoms with Crippen molar-refractivity contribution < 1.29 is 13.2 Å². The minimum absolute atomic E-state index is 0.223. The van der Waals surface area contributed by atoms with Crippen LogP contribution >= 0.6 is 45.9 Å². The van der Waals surface area contributed by atoms with Gasteiger partial charge in [-0.25, -0.2) is 8.42 Å². The van der Waals surface area contributed by atoms with Crippen molar-refractivity contribution in [3.05, 3.63) is 44.5 Å². The van der Waals surface area contributed by atoms with Gasteiger partial charge in [0, 0.05) is 26.1 Å². The highest BCUT2D eigenvalue weighted by Crippen LogP contribution is 2.31. The van der Waals surface area contributed by atoms with E-state index in [1.807, 2.05) is 23.7 Å². The van der Waals surface area contributed by atoms with Crippen molar-refractivity contribution in [2.75, 3.05) is 13.1 Å². The zero-order valence-corrected chi connectivity index (χ0v) is 19.3.